The molecular weight excluding hydrogens is 687 g/mol. The fourth-order valence-electron chi connectivity index (χ4n) is 5.44. The third-order valence-electron chi connectivity index (χ3n) is 7.95. The van der Waals surface area contributed by atoms with Crippen molar-refractivity contribution < 1.29 is 22.8 Å². The molecule has 0 unspecified atom stereocenters. The molecule has 3 N–H and O–H groups in total. The van der Waals surface area contributed by atoms with Crippen LogP contribution in [-0.2, 0) is 21.2 Å². The highest BCUT2D eigenvalue weighted by molar-refractivity contribution is 7.89. The number of rotatable bonds is 12. The van der Waals surface area contributed by atoms with E-state index in [-0.39, 0.29) is 63.2 Å². The van der Waals surface area contributed by atoms with Crippen LogP contribution in [0.3, 0.4) is 0 Å². The van der Waals surface area contributed by atoms with Gasteiger partial charge < -0.3 is 15.5 Å². The average Bonchev–Trinajstić information content (AvgIpc) is 3.48. The summed E-state index contributed by atoms with van der Waals surface area (Å²) in [7, 11) is -0.0297. The first-order valence-corrected chi connectivity index (χ1v) is 17.8. The van der Waals surface area contributed by atoms with E-state index in [4.69, 9.17) is 23.2 Å². The quantitative estimate of drug-likeness (QED) is 0.165. The molecule has 1 fully saturated rings. The molecule has 0 bridgehead atoms. The Kier molecular flexibility index (Phi) is 11.7. The SMILES string of the molecule is CN(C)C/C=C/C(=O)Cc1cccc(S(=O)(=O)N2CCC(NC(=O)c3[nH]nc(-c4ccccc4)c3NC(=O)c3c(Cl)cccc3Cl)CC2)c1. The molecule has 49 heavy (non-hydrogen) atoms. The minimum Gasteiger partial charge on any atom is -0.348 e. The summed E-state index contributed by atoms with van der Waals surface area (Å²) in [4.78, 5) is 41.4. The smallest absolute Gasteiger partial charge is 0.271 e. The second kappa shape index (κ2) is 15.9. The number of benzene rings is 3. The van der Waals surface area contributed by atoms with Crippen LogP contribution in [0, 0.1) is 0 Å². The van der Waals surface area contributed by atoms with Gasteiger partial charge in [0, 0.05) is 37.7 Å². The molecule has 0 spiro atoms. The van der Waals surface area contributed by atoms with Gasteiger partial charge in [-0.25, -0.2) is 8.42 Å². The van der Waals surface area contributed by atoms with Crippen molar-refractivity contribution in [2.75, 3.05) is 39.0 Å². The number of anilines is 1. The zero-order valence-corrected chi connectivity index (χ0v) is 29.3. The van der Waals surface area contributed by atoms with E-state index in [1.54, 1.807) is 48.5 Å². The number of allylic oxidation sites excluding steroid dienone is 1. The van der Waals surface area contributed by atoms with Gasteiger partial charge in [-0.05, 0) is 62.8 Å². The fourth-order valence-corrected chi connectivity index (χ4v) is 7.55. The second-order valence-corrected chi connectivity index (χ2v) is 14.6. The van der Waals surface area contributed by atoms with E-state index in [0.29, 0.717) is 36.2 Å². The summed E-state index contributed by atoms with van der Waals surface area (Å²) in [6.07, 6.45) is 4.09. The van der Waals surface area contributed by atoms with Gasteiger partial charge in [-0.15, -0.1) is 0 Å². The largest absolute Gasteiger partial charge is 0.348 e. The lowest BCUT2D eigenvalue weighted by Gasteiger charge is -2.31. The Labute approximate surface area is 295 Å². The minimum atomic E-state index is -3.83. The van der Waals surface area contributed by atoms with E-state index >= 15 is 0 Å². The normalized spacial score (nSPS) is 14.3. The van der Waals surface area contributed by atoms with Crippen LogP contribution < -0.4 is 10.6 Å². The van der Waals surface area contributed by atoms with Crippen LogP contribution in [-0.4, -0.2) is 85.2 Å². The summed E-state index contributed by atoms with van der Waals surface area (Å²) in [5.74, 6) is -1.25. The van der Waals surface area contributed by atoms with Crippen LogP contribution in [0.1, 0.15) is 39.3 Å². The van der Waals surface area contributed by atoms with Gasteiger partial charge in [-0.2, -0.15) is 9.40 Å². The molecule has 3 aromatic carbocycles. The number of carbonyl (C=O) groups is 3. The molecule has 0 aliphatic carbocycles. The number of amides is 2. The number of nitrogens with zero attached hydrogens (tertiary/aromatic N) is 3. The van der Waals surface area contributed by atoms with E-state index < -0.39 is 21.8 Å². The number of carbonyl (C=O) groups excluding carboxylic acids is 3. The van der Waals surface area contributed by atoms with Gasteiger partial charge in [0.25, 0.3) is 11.8 Å². The van der Waals surface area contributed by atoms with Gasteiger partial charge in [0.1, 0.15) is 17.1 Å². The van der Waals surface area contributed by atoms with Crippen molar-refractivity contribution in [1.29, 1.82) is 0 Å². The monoisotopic (exact) mass is 722 g/mol. The Balaban J connectivity index is 1.27. The zero-order valence-electron chi connectivity index (χ0n) is 26.9. The lowest BCUT2D eigenvalue weighted by molar-refractivity contribution is -0.114. The number of hydrogen-bond acceptors (Lipinski definition) is 7. The fraction of sp³-hybridized carbons (Fsp3) is 0.257. The predicted molar refractivity (Wildman–Crippen MR) is 191 cm³/mol. The number of aromatic nitrogens is 2. The first-order chi connectivity index (χ1) is 23.4. The summed E-state index contributed by atoms with van der Waals surface area (Å²) >= 11 is 12.6. The third-order valence-corrected chi connectivity index (χ3v) is 10.5. The van der Waals surface area contributed by atoms with Crippen LogP contribution in [0.15, 0.2) is 89.8 Å². The van der Waals surface area contributed by atoms with Crippen LogP contribution in [0.2, 0.25) is 10.0 Å². The minimum absolute atomic E-state index is 0.0216. The first kappa shape index (κ1) is 36.0. The summed E-state index contributed by atoms with van der Waals surface area (Å²) in [5, 5.41) is 13.1. The lowest BCUT2D eigenvalue weighted by atomic mass is 10.1. The van der Waals surface area contributed by atoms with E-state index in [1.165, 1.54) is 22.5 Å². The molecule has 2 heterocycles. The molecule has 1 aliphatic heterocycles. The third kappa shape index (κ3) is 8.83. The highest BCUT2D eigenvalue weighted by Crippen LogP contribution is 2.32. The Morgan fingerprint density at radius 1 is 0.959 bits per heavy atom. The number of ketones is 1. The average molecular weight is 724 g/mol. The first-order valence-electron chi connectivity index (χ1n) is 15.6. The van der Waals surface area contributed by atoms with Gasteiger partial charge >= 0.3 is 0 Å². The summed E-state index contributed by atoms with van der Waals surface area (Å²) in [6.45, 7) is 0.983. The van der Waals surface area contributed by atoms with Gasteiger partial charge in [-0.1, -0.05) is 77.8 Å². The van der Waals surface area contributed by atoms with Gasteiger partial charge in [-0.3, -0.25) is 19.5 Å². The number of halogens is 2. The maximum atomic E-state index is 13.6. The number of nitrogens with one attached hydrogen (secondary N) is 3. The van der Waals surface area contributed by atoms with Gasteiger partial charge in [0.2, 0.25) is 10.0 Å². The summed E-state index contributed by atoms with van der Waals surface area (Å²) in [6, 6.07) is 19.8. The second-order valence-electron chi connectivity index (χ2n) is 11.8. The zero-order chi connectivity index (χ0) is 35.1. The molecule has 1 aromatic heterocycles. The van der Waals surface area contributed by atoms with E-state index in [0.717, 1.165) is 0 Å². The van der Waals surface area contributed by atoms with Crippen molar-refractivity contribution in [3.05, 3.63) is 112 Å². The number of sulfonamides is 1. The number of piperidine rings is 1. The predicted octanol–water partition coefficient (Wildman–Crippen LogP) is 5.45. The van der Waals surface area contributed by atoms with Crippen molar-refractivity contribution in [2.24, 2.45) is 0 Å². The van der Waals surface area contributed by atoms with Crippen molar-refractivity contribution in [3.8, 4) is 11.3 Å². The highest BCUT2D eigenvalue weighted by atomic mass is 35.5. The van der Waals surface area contributed by atoms with E-state index in [9.17, 15) is 22.8 Å². The van der Waals surface area contributed by atoms with Crippen LogP contribution in [0.4, 0.5) is 5.69 Å². The number of aromatic amines is 1. The maximum absolute atomic E-state index is 13.6. The van der Waals surface area contributed by atoms with E-state index in [1.807, 2.05) is 37.2 Å². The van der Waals surface area contributed by atoms with Gasteiger partial charge in [0.15, 0.2) is 5.78 Å². The van der Waals surface area contributed by atoms with E-state index in [2.05, 4.69) is 20.8 Å². The molecule has 14 heteroatoms. The number of hydrogen-bond donors (Lipinski definition) is 3. The lowest BCUT2D eigenvalue weighted by Crippen LogP contribution is -2.46. The summed E-state index contributed by atoms with van der Waals surface area (Å²) in [5.41, 5.74) is 1.84. The van der Waals surface area contributed by atoms with Gasteiger partial charge in [0.05, 0.1) is 20.5 Å². The molecule has 4 aromatic rings. The molecule has 1 aliphatic rings. The maximum Gasteiger partial charge on any atom is 0.271 e. The highest BCUT2D eigenvalue weighted by Gasteiger charge is 2.32. The van der Waals surface area contributed by atoms with Crippen LogP contribution in [0.25, 0.3) is 11.3 Å². The van der Waals surface area contributed by atoms with Crippen molar-refractivity contribution in [3.63, 3.8) is 0 Å². The molecule has 11 nitrogen and oxygen atoms in total. The Bertz CT molecular complexity index is 1950. The van der Waals surface area contributed by atoms with Crippen LogP contribution in [0.5, 0.6) is 0 Å². The molecule has 5 rings (SSSR count). The Morgan fingerprint density at radius 2 is 1.63 bits per heavy atom. The number of H-pyrrole nitrogens is 1. The van der Waals surface area contributed by atoms with Crippen molar-refractivity contribution in [2.45, 2.75) is 30.2 Å². The standard InChI is InChI=1S/C35H36Cl2N6O5S/c1-42(2)18-8-12-26(44)21-23-9-6-13-27(22-23)49(47,48)43-19-16-25(17-20-43)38-35(46)33-32(31(40-41-33)24-10-4-3-5-11-24)39-34(45)30-28(36)14-7-15-29(30)37/h3-15,22,25H,16-21H2,1-2H3,(H,38,46)(H,39,45)(H,40,41)/b12-8+. The molecule has 1 saturated heterocycles. The van der Waals surface area contributed by atoms with Crippen molar-refractivity contribution >= 4 is 56.5 Å². The Hall–Kier alpha value is -4.33. The topological polar surface area (TPSA) is 145 Å². The van der Waals surface area contributed by atoms with Crippen molar-refractivity contribution in [1.82, 2.24) is 24.7 Å². The molecule has 256 valence electrons. The number of likely N-dealkylation sites (N-methyl/N-ethyl adjacent to an activating group) is 1. The van der Waals surface area contributed by atoms with Crippen LogP contribution >= 0.6 is 23.2 Å². The molecule has 2 amide bonds. The molecular formula is C35H36Cl2N6O5S. The molecule has 0 radical (unpaired) electrons. The Morgan fingerprint density at radius 3 is 2.31 bits per heavy atom. The molecule has 0 saturated carbocycles. The summed E-state index contributed by atoms with van der Waals surface area (Å²) < 4.78 is 28.5. The molecule has 0 atom stereocenters.